The minimum atomic E-state index is -2.96. The number of rotatable bonds is 5. The lowest BCUT2D eigenvalue weighted by molar-refractivity contribution is -0.0493. The number of tetrazole rings is 1. The Morgan fingerprint density at radius 1 is 1.52 bits per heavy atom. The summed E-state index contributed by atoms with van der Waals surface area (Å²) < 4.78 is 29.7. The highest BCUT2D eigenvalue weighted by Gasteiger charge is 2.11. The number of nitrogens with zero attached hydrogens (tertiary/aromatic N) is 4. The fourth-order valence-electron chi connectivity index (χ4n) is 1.38. The molecule has 10 heteroatoms. The molecule has 0 amide bonds. The number of hydrogen-bond donors (Lipinski definition) is 2. The average Bonchev–Trinajstić information content (AvgIpc) is 2.95. The fraction of sp³-hybridized carbons (Fsp3) is 0.0909. The van der Waals surface area contributed by atoms with Crippen molar-refractivity contribution in [1.29, 1.82) is 5.26 Å². The highest BCUT2D eigenvalue weighted by molar-refractivity contribution is 9.10. The first-order valence-corrected chi connectivity index (χ1v) is 6.24. The van der Waals surface area contributed by atoms with Gasteiger partial charge < -0.3 is 10.1 Å². The molecular formula is C11H7BrF2N6O. The number of aromatic amines is 1. The summed E-state index contributed by atoms with van der Waals surface area (Å²) in [7, 11) is 0. The maximum atomic E-state index is 12.4. The Morgan fingerprint density at radius 3 is 2.95 bits per heavy atom. The Labute approximate surface area is 125 Å². The monoisotopic (exact) mass is 356 g/mol. The number of benzene rings is 1. The van der Waals surface area contributed by atoms with Gasteiger partial charge >= 0.3 is 6.61 Å². The molecule has 2 rings (SSSR count). The lowest BCUT2D eigenvalue weighted by Crippen LogP contribution is -2.04. The van der Waals surface area contributed by atoms with Crippen LogP contribution in [0.1, 0.15) is 5.82 Å². The summed E-state index contributed by atoms with van der Waals surface area (Å²) in [6.45, 7) is -2.96. The Balaban J connectivity index is 2.25. The van der Waals surface area contributed by atoms with E-state index in [1.165, 1.54) is 18.3 Å². The zero-order chi connectivity index (χ0) is 15.2. The third-order valence-electron chi connectivity index (χ3n) is 2.24. The smallest absolute Gasteiger partial charge is 0.387 e. The summed E-state index contributed by atoms with van der Waals surface area (Å²) in [5.41, 5.74) is 0.337. The van der Waals surface area contributed by atoms with Gasteiger partial charge in [-0.1, -0.05) is 15.9 Å². The number of aromatic nitrogens is 4. The van der Waals surface area contributed by atoms with E-state index in [-0.39, 0.29) is 22.8 Å². The molecule has 0 spiro atoms. The van der Waals surface area contributed by atoms with E-state index in [9.17, 15) is 8.78 Å². The zero-order valence-corrected chi connectivity index (χ0v) is 11.8. The van der Waals surface area contributed by atoms with Crippen molar-refractivity contribution in [2.45, 2.75) is 6.61 Å². The van der Waals surface area contributed by atoms with Crippen molar-refractivity contribution in [2.75, 3.05) is 5.32 Å². The number of hydrogen-bond acceptors (Lipinski definition) is 6. The second kappa shape index (κ2) is 6.76. The van der Waals surface area contributed by atoms with Gasteiger partial charge in [-0.15, -0.1) is 10.2 Å². The van der Waals surface area contributed by atoms with Crippen molar-refractivity contribution in [3.8, 4) is 11.8 Å². The van der Waals surface area contributed by atoms with Gasteiger partial charge in [0.1, 0.15) is 11.6 Å². The van der Waals surface area contributed by atoms with Crippen molar-refractivity contribution in [2.24, 2.45) is 0 Å². The highest BCUT2D eigenvalue weighted by Crippen LogP contribution is 2.30. The van der Waals surface area contributed by atoms with E-state index in [0.29, 0.717) is 4.47 Å². The number of H-pyrrole nitrogens is 1. The fourth-order valence-corrected chi connectivity index (χ4v) is 1.72. The SMILES string of the molecule is N#CC(=CNc1ccc(Br)cc1OC(F)F)c1nn[nH]n1. The predicted octanol–water partition coefficient (Wildman–Crippen LogP) is 2.54. The van der Waals surface area contributed by atoms with Crippen LogP contribution in [-0.4, -0.2) is 27.2 Å². The number of anilines is 1. The third kappa shape index (κ3) is 3.96. The summed E-state index contributed by atoms with van der Waals surface area (Å²) in [5.74, 6) is 0.0134. The van der Waals surface area contributed by atoms with Crippen molar-refractivity contribution in [3.63, 3.8) is 0 Å². The molecule has 0 unspecified atom stereocenters. The molecule has 0 aliphatic carbocycles. The van der Waals surface area contributed by atoms with Crippen LogP contribution in [0.25, 0.3) is 5.57 Å². The standard InChI is InChI=1S/C11H7BrF2N6O/c12-7-1-2-8(9(3-7)21-11(13)14)16-5-6(4-15)10-17-19-20-18-10/h1-3,5,11,16H,(H,17,18,19,20). The largest absolute Gasteiger partial charge is 0.433 e. The van der Waals surface area contributed by atoms with Crippen molar-refractivity contribution >= 4 is 27.2 Å². The molecule has 0 radical (unpaired) electrons. The first-order valence-electron chi connectivity index (χ1n) is 5.45. The van der Waals surface area contributed by atoms with Crippen LogP contribution in [0.15, 0.2) is 28.9 Å². The summed E-state index contributed by atoms with van der Waals surface area (Å²) in [6.07, 6.45) is 1.27. The Bertz CT molecular complexity index is 683. The topological polar surface area (TPSA) is 99.5 Å². The second-order valence-electron chi connectivity index (χ2n) is 3.57. The van der Waals surface area contributed by atoms with Gasteiger partial charge in [-0.3, -0.25) is 0 Å². The van der Waals surface area contributed by atoms with E-state index >= 15 is 0 Å². The number of allylic oxidation sites excluding steroid dienone is 1. The van der Waals surface area contributed by atoms with E-state index in [1.54, 1.807) is 6.07 Å². The molecule has 1 heterocycles. The lowest BCUT2D eigenvalue weighted by Gasteiger charge is -2.11. The molecule has 7 nitrogen and oxygen atoms in total. The minimum Gasteiger partial charge on any atom is -0.433 e. The number of halogens is 3. The van der Waals surface area contributed by atoms with Crippen LogP contribution in [-0.2, 0) is 0 Å². The van der Waals surface area contributed by atoms with Gasteiger partial charge in [0.25, 0.3) is 0 Å². The average molecular weight is 357 g/mol. The van der Waals surface area contributed by atoms with Crippen LogP contribution in [0.2, 0.25) is 0 Å². The third-order valence-corrected chi connectivity index (χ3v) is 2.73. The molecule has 0 saturated carbocycles. The van der Waals surface area contributed by atoms with Gasteiger partial charge in [-0.05, 0) is 23.4 Å². The molecule has 1 aromatic carbocycles. The normalized spacial score (nSPS) is 11.3. The van der Waals surface area contributed by atoms with Gasteiger partial charge in [-0.2, -0.15) is 19.3 Å². The Hall–Kier alpha value is -2.54. The van der Waals surface area contributed by atoms with Crippen LogP contribution in [0.4, 0.5) is 14.5 Å². The molecule has 0 saturated heterocycles. The number of alkyl halides is 2. The quantitative estimate of drug-likeness (QED) is 0.798. The van der Waals surface area contributed by atoms with E-state index in [2.05, 4.69) is 46.6 Å². The van der Waals surface area contributed by atoms with Crippen LogP contribution >= 0.6 is 15.9 Å². The van der Waals surface area contributed by atoms with Crippen LogP contribution in [0.3, 0.4) is 0 Å². The maximum absolute atomic E-state index is 12.4. The van der Waals surface area contributed by atoms with Gasteiger partial charge in [0.15, 0.2) is 5.75 Å². The molecule has 0 aliphatic rings. The van der Waals surface area contributed by atoms with E-state index in [0.717, 1.165) is 0 Å². The van der Waals surface area contributed by atoms with Crippen LogP contribution < -0.4 is 10.1 Å². The molecule has 1 aromatic heterocycles. The maximum Gasteiger partial charge on any atom is 0.387 e. The minimum absolute atomic E-state index is 0.0685. The second-order valence-corrected chi connectivity index (χ2v) is 4.48. The molecule has 0 bridgehead atoms. The molecule has 0 atom stereocenters. The summed E-state index contributed by atoms with van der Waals surface area (Å²) in [4.78, 5) is 0. The molecule has 108 valence electrons. The van der Waals surface area contributed by atoms with Crippen LogP contribution in [0.5, 0.6) is 5.75 Å². The summed E-state index contributed by atoms with van der Waals surface area (Å²) >= 11 is 3.16. The molecule has 2 N–H and O–H groups in total. The van der Waals surface area contributed by atoms with Crippen molar-refractivity contribution < 1.29 is 13.5 Å². The first-order chi connectivity index (χ1) is 10.1. The molecular weight excluding hydrogens is 350 g/mol. The molecule has 2 aromatic rings. The Morgan fingerprint density at radius 2 is 2.33 bits per heavy atom. The van der Waals surface area contributed by atoms with Gasteiger partial charge in [0, 0.05) is 10.7 Å². The van der Waals surface area contributed by atoms with Gasteiger partial charge in [-0.25, -0.2) is 0 Å². The summed E-state index contributed by atoms with van der Waals surface area (Å²) in [5, 5.41) is 24.5. The van der Waals surface area contributed by atoms with Gasteiger partial charge in [0.2, 0.25) is 5.82 Å². The molecule has 21 heavy (non-hydrogen) atoms. The highest BCUT2D eigenvalue weighted by atomic mass is 79.9. The van der Waals surface area contributed by atoms with Crippen molar-refractivity contribution in [1.82, 2.24) is 20.6 Å². The Kier molecular flexibility index (Phi) is 4.78. The lowest BCUT2D eigenvalue weighted by atomic mass is 10.2. The molecule has 0 fully saturated rings. The predicted molar refractivity (Wildman–Crippen MR) is 72.2 cm³/mol. The molecule has 0 aliphatic heterocycles. The number of ether oxygens (including phenoxy) is 1. The zero-order valence-electron chi connectivity index (χ0n) is 10.2. The van der Waals surface area contributed by atoms with E-state index in [4.69, 9.17) is 5.26 Å². The van der Waals surface area contributed by atoms with Crippen LogP contribution in [0, 0.1) is 11.3 Å². The first kappa shape index (κ1) is 14.9. The van der Waals surface area contributed by atoms with Gasteiger partial charge in [0.05, 0.1) is 5.69 Å². The van der Waals surface area contributed by atoms with E-state index in [1.807, 2.05) is 6.07 Å². The van der Waals surface area contributed by atoms with Crippen molar-refractivity contribution in [3.05, 3.63) is 34.7 Å². The summed E-state index contributed by atoms with van der Waals surface area (Å²) in [6, 6.07) is 6.39. The number of nitrogens with one attached hydrogen (secondary N) is 2. The van der Waals surface area contributed by atoms with E-state index < -0.39 is 6.61 Å². The number of nitriles is 1.